The summed E-state index contributed by atoms with van der Waals surface area (Å²) in [5, 5.41) is 11.8. The van der Waals surface area contributed by atoms with Crippen molar-refractivity contribution in [3.8, 4) is 11.5 Å². The number of rotatable bonds is 7. The topological polar surface area (TPSA) is 75.9 Å². The fourth-order valence-corrected chi connectivity index (χ4v) is 3.24. The van der Waals surface area contributed by atoms with Crippen molar-refractivity contribution in [1.82, 2.24) is 5.32 Å². The van der Waals surface area contributed by atoms with E-state index in [0.717, 1.165) is 54.3 Å². The first kappa shape index (κ1) is 20.9. The van der Waals surface area contributed by atoms with Gasteiger partial charge in [-0.3, -0.25) is 5.41 Å². The van der Waals surface area contributed by atoms with Crippen LogP contribution in [0.2, 0.25) is 0 Å². The van der Waals surface area contributed by atoms with Crippen LogP contribution >= 0.6 is 0 Å². The monoisotopic (exact) mass is 395 g/mol. The molecular formula is C23H29N3O3. The molecule has 6 nitrogen and oxygen atoms in total. The third kappa shape index (κ3) is 6.32. The fourth-order valence-electron chi connectivity index (χ4n) is 3.24. The summed E-state index contributed by atoms with van der Waals surface area (Å²) in [6.45, 7) is 1.36. The highest BCUT2D eigenvalue weighted by Crippen LogP contribution is 2.16. The van der Waals surface area contributed by atoms with E-state index in [1.807, 2.05) is 48.5 Å². The highest BCUT2D eigenvalue weighted by Gasteiger charge is 2.20. The molecule has 3 rings (SSSR count). The van der Waals surface area contributed by atoms with Crippen molar-refractivity contribution in [3.63, 3.8) is 0 Å². The summed E-state index contributed by atoms with van der Waals surface area (Å²) in [7, 11) is 3.30. The SMILES string of the molecule is COc1ccc(CN/C(=N\C(=N)Cc2ccc(OC)cc2)C2CCCCO2)cc1. The van der Waals surface area contributed by atoms with Gasteiger partial charge in [-0.15, -0.1) is 0 Å². The van der Waals surface area contributed by atoms with Crippen LogP contribution in [0, 0.1) is 5.41 Å². The summed E-state index contributed by atoms with van der Waals surface area (Å²) in [4.78, 5) is 4.59. The zero-order valence-electron chi connectivity index (χ0n) is 17.1. The molecule has 2 aromatic carbocycles. The molecule has 2 N–H and O–H groups in total. The number of nitrogens with one attached hydrogen (secondary N) is 2. The van der Waals surface area contributed by atoms with Crippen molar-refractivity contribution in [2.24, 2.45) is 4.99 Å². The fraction of sp³-hybridized carbons (Fsp3) is 0.391. The van der Waals surface area contributed by atoms with Gasteiger partial charge in [0.25, 0.3) is 0 Å². The zero-order chi connectivity index (χ0) is 20.5. The van der Waals surface area contributed by atoms with E-state index < -0.39 is 0 Å². The first-order chi connectivity index (χ1) is 14.2. The minimum absolute atomic E-state index is 0.0850. The van der Waals surface area contributed by atoms with Gasteiger partial charge >= 0.3 is 0 Å². The number of amidine groups is 2. The van der Waals surface area contributed by atoms with E-state index >= 15 is 0 Å². The number of hydrogen-bond donors (Lipinski definition) is 2. The molecule has 1 atom stereocenters. The highest BCUT2D eigenvalue weighted by molar-refractivity contribution is 5.98. The van der Waals surface area contributed by atoms with Gasteiger partial charge in [0.15, 0.2) is 0 Å². The maximum absolute atomic E-state index is 8.38. The Hall–Kier alpha value is -2.86. The maximum atomic E-state index is 8.38. The van der Waals surface area contributed by atoms with E-state index in [0.29, 0.717) is 18.8 Å². The van der Waals surface area contributed by atoms with Gasteiger partial charge in [-0.1, -0.05) is 24.3 Å². The quantitative estimate of drug-likeness (QED) is 0.549. The summed E-state index contributed by atoms with van der Waals surface area (Å²) < 4.78 is 16.3. The molecule has 0 aliphatic carbocycles. The predicted octanol–water partition coefficient (Wildman–Crippen LogP) is 3.98. The average Bonchev–Trinajstić information content (AvgIpc) is 2.78. The van der Waals surface area contributed by atoms with Crippen molar-refractivity contribution >= 4 is 11.7 Å². The van der Waals surface area contributed by atoms with Gasteiger partial charge in [0.2, 0.25) is 0 Å². The lowest BCUT2D eigenvalue weighted by Gasteiger charge is -2.25. The van der Waals surface area contributed by atoms with Crippen molar-refractivity contribution in [2.75, 3.05) is 20.8 Å². The average molecular weight is 396 g/mol. The molecule has 29 heavy (non-hydrogen) atoms. The Morgan fingerprint density at radius 3 is 2.17 bits per heavy atom. The molecule has 0 saturated carbocycles. The third-order valence-electron chi connectivity index (χ3n) is 4.90. The molecule has 1 unspecified atom stereocenters. The number of ether oxygens (including phenoxy) is 3. The van der Waals surface area contributed by atoms with Crippen LogP contribution in [0.5, 0.6) is 11.5 Å². The van der Waals surface area contributed by atoms with Gasteiger partial charge in [0.1, 0.15) is 29.3 Å². The Labute approximate surface area is 172 Å². The van der Waals surface area contributed by atoms with Crippen LogP contribution in [-0.2, 0) is 17.7 Å². The van der Waals surface area contributed by atoms with Gasteiger partial charge in [-0.2, -0.15) is 0 Å². The largest absolute Gasteiger partial charge is 0.497 e. The molecule has 0 aromatic heterocycles. The van der Waals surface area contributed by atoms with Crippen LogP contribution in [0.25, 0.3) is 0 Å². The normalized spacial score (nSPS) is 16.9. The van der Waals surface area contributed by atoms with E-state index in [9.17, 15) is 0 Å². The second-order valence-corrected chi connectivity index (χ2v) is 7.03. The van der Waals surface area contributed by atoms with Gasteiger partial charge in [-0.05, 0) is 54.7 Å². The smallest absolute Gasteiger partial charge is 0.133 e. The summed E-state index contributed by atoms with van der Waals surface area (Å²) in [5.41, 5.74) is 2.15. The highest BCUT2D eigenvalue weighted by atomic mass is 16.5. The maximum Gasteiger partial charge on any atom is 0.133 e. The van der Waals surface area contributed by atoms with Crippen molar-refractivity contribution in [2.45, 2.75) is 38.3 Å². The van der Waals surface area contributed by atoms with Crippen LogP contribution in [0.15, 0.2) is 53.5 Å². The lowest BCUT2D eigenvalue weighted by Crippen LogP contribution is -2.39. The lowest BCUT2D eigenvalue weighted by atomic mass is 10.1. The van der Waals surface area contributed by atoms with E-state index in [2.05, 4.69) is 10.3 Å². The minimum Gasteiger partial charge on any atom is -0.497 e. The number of aliphatic imine (C=N–C) groups is 1. The summed E-state index contributed by atoms with van der Waals surface area (Å²) in [6.07, 6.45) is 3.48. The van der Waals surface area contributed by atoms with Gasteiger partial charge < -0.3 is 19.5 Å². The summed E-state index contributed by atoms with van der Waals surface area (Å²) >= 11 is 0. The van der Waals surface area contributed by atoms with Gasteiger partial charge in [0, 0.05) is 19.6 Å². The summed E-state index contributed by atoms with van der Waals surface area (Å²) in [5.74, 6) is 2.68. The molecule has 154 valence electrons. The molecule has 0 bridgehead atoms. The molecule has 2 aromatic rings. The van der Waals surface area contributed by atoms with Gasteiger partial charge in [0.05, 0.1) is 14.2 Å². The second-order valence-electron chi connectivity index (χ2n) is 7.03. The third-order valence-corrected chi connectivity index (χ3v) is 4.90. The molecule has 6 heteroatoms. The van der Waals surface area contributed by atoms with Gasteiger partial charge in [-0.25, -0.2) is 4.99 Å². The van der Waals surface area contributed by atoms with Crippen molar-refractivity contribution in [3.05, 3.63) is 59.7 Å². The van der Waals surface area contributed by atoms with Crippen molar-refractivity contribution in [1.29, 1.82) is 5.41 Å². The first-order valence-electron chi connectivity index (χ1n) is 9.95. The number of methoxy groups -OCH3 is 2. The Bertz CT molecular complexity index is 810. The Balaban J connectivity index is 1.67. The molecule has 0 spiro atoms. The molecule has 1 aliphatic heterocycles. The van der Waals surface area contributed by atoms with E-state index in [1.54, 1.807) is 14.2 Å². The first-order valence-corrected chi connectivity index (χ1v) is 9.95. The van der Waals surface area contributed by atoms with Crippen LogP contribution in [0.3, 0.4) is 0 Å². The molecule has 1 saturated heterocycles. The molecule has 0 amide bonds. The molecule has 1 aliphatic rings. The Morgan fingerprint density at radius 2 is 1.62 bits per heavy atom. The summed E-state index contributed by atoms with van der Waals surface area (Å²) in [6, 6.07) is 15.7. The van der Waals surface area contributed by atoms with E-state index in [1.165, 1.54) is 0 Å². The second kappa shape index (κ2) is 10.6. The van der Waals surface area contributed by atoms with Crippen molar-refractivity contribution < 1.29 is 14.2 Å². The molecule has 1 fully saturated rings. The number of nitrogens with zero attached hydrogens (tertiary/aromatic N) is 1. The van der Waals surface area contributed by atoms with Crippen LogP contribution in [0.1, 0.15) is 30.4 Å². The Morgan fingerprint density at radius 1 is 1.00 bits per heavy atom. The molecule has 0 radical (unpaired) electrons. The van der Waals surface area contributed by atoms with Crippen LogP contribution in [0.4, 0.5) is 0 Å². The van der Waals surface area contributed by atoms with E-state index in [4.69, 9.17) is 19.6 Å². The predicted molar refractivity (Wildman–Crippen MR) is 115 cm³/mol. The molecule has 1 heterocycles. The number of benzene rings is 2. The number of hydrogen-bond acceptors (Lipinski definition) is 4. The minimum atomic E-state index is -0.0850. The van der Waals surface area contributed by atoms with E-state index in [-0.39, 0.29) is 6.10 Å². The van der Waals surface area contributed by atoms with Crippen LogP contribution in [-0.4, -0.2) is 38.6 Å². The zero-order valence-corrected chi connectivity index (χ0v) is 17.1. The van der Waals surface area contributed by atoms with Crippen LogP contribution < -0.4 is 14.8 Å². The molecular weight excluding hydrogens is 366 g/mol. The lowest BCUT2D eigenvalue weighted by molar-refractivity contribution is 0.0565. The standard InChI is InChI=1S/C23H29N3O3/c1-27-19-10-6-17(7-11-19)15-22(24)26-23(21-5-3-4-14-29-21)25-16-18-8-12-20(28-2)13-9-18/h6-13,21H,3-5,14-16H2,1-2H3,(H2,24,25,26). The Kier molecular flexibility index (Phi) is 7.64.